The molecule has 0 radical (unpaired) electrons. The van der Waals surface area contributed by atoms with E-state index in [-0.39, 0.29) is 5.91 Å². The number of hydrogen-bond donors (Lipinski definition) is 1. The molecule has 0 bridgehead atoms. The molecule has 1 N–H and O–H groups in total. The van der Waals surface area contributed by atoms with Crippen molar-refractivity contribution in [3.8, 4) is 0 Å². The van der Waals surface area contributed by atoms with Gasteiger partial charge in [0, 0.05) is 11.3 Å². The minimum absolute atomic E-state index is 0.125. The van der Waals surface area contributed by atoms with Gasteiger partial charge in [0.05, 0.1) is 0 Å². The first-order valence-corrected chi connectivity index (χ1v) is 6.23. The Morgan fingerprint density at radius 1 is 1.41 bits per heavy atom. The molecule has 0 aliphatic heterocycles. The second-order valence-electron chi connectivity index (χ2n) is 4.41. The van der Waals surface area contributed by atoms with Crippen LogP contribution in [-0.4, -0.2) is 11.6 Å². The van der Waals surface area contributed by atoms with Crippen LogP contribution in [0.4, 0.5) is 0 Å². The van der Waals surface area contributed by atoms with Crippen molar-refractivity contribution < 1.29 is 4.79 Å². The molecule has 0 aromatic heterocycles. The van der Waals surface area contributed by atoms with Crippen molar-refractivity contribution in [2.45, 2.75) is 32.6 Å². The molecule has 3 nitrogen and oxygen atoms in total. The van der Waals surface area contributed by atoms with Crippen molar-refractivity contribution in [2.24, 2.45) is 11.0 Å². The van der Waals surface area contributed by atoms with Crippen LogP contribution in [0.5, 0.6) is 0 Å². The summed E-state index contributed by atoms with van der Waals surface area (Å²) in [5, 5.41) is 4.27. The SMILES string of the molecule is CCC1CCC/C1=N\NC(=O)c1ccccc1. The average Bonchev–Trinajstić information content (AvgIpc) is 2.84. The van der Waals surface area contributed by atoms with Crippen molar-refractivity contribution in [1.82, 2.24) is 5.43 Å². The zero-order valence-corrected chi connectivity index (χ0v) is 10.1. The van der Waals surface area contributed by atoms with Crippen LogP contribution in [0.1, 0.15) is 43.0 Å². The first-order chi connectivity index (χ1) is 8.31. The molecule has 1 saturated carbocycles. The molecule has 0 heterocycles. The van der Waals surface area contributed by atoms with Gasteiger partial charge in [-0.25, -0.2) is 5.43 Å². The fourth-order valence-corrected chi connectivity index (χ4v) is 2.26. The Labute approximate surface area is 102 Å². The third-order valence-corrected chi connectivity index (χ3v) is 3.29. The van der Waals surface area contributed by atoms with Crippen LogP contribution in [0.2, 0.25) is 0 Å². The van der Waals surface area contributed by atoms with E-state index in [4.69, 9.17) is 0 Å². The van der Waals surface area contributed by atoms with Crippen molar-refractivity contribution in [3.05, 3.63) is 35.9 Å². The fraction of sp³-hybridized carbons (Fsp3) is 0.429. The second-order valence-corrected chi connectivity index (χ2v) is 4.41. The molecule has 0 saturated heterocycles. The zero-order valence-electron chi connectivity index (χ0n) is 10.1. The van der Waals surface area contributed by atoms with Crippen LogP contribution in [0.25, 0.3) is 0 Å². The number of benzene rings is 1. The van der Waals surface area contributed by atoms with Gasteiger partial charge in [-0.05, 0) is 43.7 Å². The quantitative estimate of drug-likeness (QED) is 0.797. The van der Waals surface area contributed by atoms with E-state index in [1.165, 1.54) is 12.8 Å². The van der Waals surface area contributed by atoms with Gasteiger partial charge in [-0.15, -0.1) is 0 Å². The van der Waals surface area contributed by atoms with E-state index in [0.717, 1.165) is 18.6 Å². The smallest absolute Gasteiger partial charge is 0.267 e. The summed E-state index contributed by atoms with van der Waals surface area (Å²) in [4.78, 5) is 11.8. The number of nitrogens with one attached hydrogen (secondary N) is 1. The van der Waals surface area contributed by atoms with Crippen LogP contribution < -0.4 is 5.43 Å². The molecule has 1 amide bonds. The lowest BCUT2D eigenvalue weighted by atomic mass is 10.0. The highest BCUT2D eigenvalue weighted by Gasteiger charge is 2.20. The van der Waals surface area contributed by atoms with Crippen molar-refractivity contribution >= 4 is 11.6 Å². The molecular formula is C14H18N2O. The van der Waals surface area contributed by atoms with E-state index in [1.54, 1.807) is 12.1 Å². The van der Waals surface area contributed by atoms with Crippen LogP contribution in [0.3, 0.4) is 0 Å². The summed E-state index contributed by atoms with van der Waals surface area (Å²) in [5.74, 6) is 0.436. The van der Waals surface area contributed by atoms with E-state index in [1.807, 2.05) is 18.2 Å². The standard InChI is InChI=1S/C14H18N2O/c1-2-11-9-6-10-13(11)15-16-14(17)12-7-4-3-5-8-12/h3-5,7-8,11H,2,6,9-10H2,1H3,(H,16,17)/b15-13+. The summed E-state index contributed by atoms with van der Waals surface area (Å²) in [6.07, 6.45) is 4.53. The summed E-state index contributed by atoms with van der Waals surface area (Å²) in [6.45, 7) is 2.17. The molecule has 1 atom stereocenters. The monoisotopic (exact) mass is 230 g/mol. The Kier molecular flexibility index (Phi) is 3.91. The molecule has 90 valence electrons. The van der Waals surface area contributed by atoms with Crippen molar-refractivity contribution in [2.75, 3.05) is 0 Å². The van der Waals surface area contributed by atoms with Crippen LogP contribution in [0.15, 0.2) is 35.4 Å². The predicted octanol–water partition coefficient (Wildman–Crippen LogP) is 2.98. The highest BCUT2D eigenvalue weighted by molar-refractivity contribution is 5.96. The number of rotatable bonds is 3. The Morgan fingerprint density at radius 2 is 2.18 bits per heavy atom. The number of carbonyl (C=O) groups is 1. The molecule has 1 unspecified atom stereocenters. The summed E-state index contributed by atoms with van der Waals surface area (Å²) < 4.78 is 0. The van der Waals surface area contributed by atoms with Crippen molar-refractivity contribution in [3.63, 3.8) is 0 Å². The lowest BCUT2D eigenvalue weighted by Crippen LogP contribution is -2.20. The first-order valence-electron chi connectivity index (χ1n) is 6.23. The molecule has 2 rings (SSSR count). The molecule has 1 aromatic rings. The van der Waals surface area contributed by atoms with Gasteiger partial charge < -0.3 is 0 Å². The van der Waals surface area contributed by atoms with Gasteiger partial charge in [-0.2, -0.15) is 5.10 Å². The summed E-state index contributed by atoms with van der Waals surface area (Å²) in [6, 6.07) is 9.19. The Morgan fingerprint density at radius 3 is 2.88 bits per heavy atom. The molecule has 0 spiro atoms. The summed E-state index contributed by atoms with van der Waals surface area (Å²) in [5.41, 5.74) is 4.46. The molecule has 1 aliphatic carbocycles. The minimum Gasteiger partial charge on any atom is -0.267 e. The van der Waals surface area contributed by atoms with Crippen LogP contribution in [-0.2, 0) is 0 Å². The number of carbonyl (C=O) groups excluding carboxylic acids is 1. The number of hydrazone groups is 1. The van der Waals surface area contributed by atoms with Gasteiger partial charge in [0.2, 0.25) is 0 Å². The molecule has 3 heteroatoms. The molecular weight excluding hydrogens is 212 g/mol. The molecule has 1 aliphatic rings. The van der Waals surface area contributed by atoms with Gasteiger partial charge in [-0.1, -0.05) is 25.1 Å². The number of amides is 1. The Bertz CT molecular complexity index is 411. The van der Waals surface area contributed by atoms with Gasteiger partial charge in [0.15, 0.2) is 0 Å². The molecule has 1 aromatic carbocycles. The van der Waals surface area contributed by atoms with E-state index < -0.39 is 0 Å². The largest absolute Gasteiger partial charge is 0.271 e. The third-order valence-electron chi connectivity index (χ3n) is 3.29. The van der Waals surface area contributed by atoms with Crippen LogP contribution in [0, 0.1) is 5.92 Å². The maximum Gasteiger partial charge on any atom is 0.271 e. The molecule has 17 heavy (non-hydrogen) atoms. The number of nitrogens with zero attached hydrogens (tertiary/aromatic N) is 1. The highest BCUT2D eigenvalue weighted by Crippen LogP contribution is 2.24. The zero-order chi connectivity index (χ0) is 12.1. The molecule has 1 fully saturated rings. The van der Waals surface area contributed by atoms with Gasteiger partial charge in [-0.3, -0.25) is 4.79 Å². The minimum atomic E-state index is -0.125. The van der Waals surface area contributed by atoms with E-state index >= 15 is 0 Å². The maximum atomic E-state index is 11.8. The lowest BCUT2D eigenvalue weighted by molar-refractivity contribution is 0.0954. The lowest BCUT2D eigenvalue weighted by Gasteiger charge is -2.07. The van der Waals surface area contributed by atoms with E-state index in [9.17, 15) is 4.79 Å². The third kappa shape index (κ3) is 2.93. The van der Waals surface area contributed by atoms with E-state index in [2.05, 4.69) is 17.5 Å². The Balaban J connectivity index is 1.98. The summed E-state index contributed by atoms with van der Waals surface area (Å²) >= 11 is 0. The maximum absolute atomic E-state index is 11.8. The van der Waals surface area contributed by atoms with E-state index in [0.29, 0.717) is 11.5 Å². The Hall–Kier alpha value is -1.64. The average molecular weight is 230 g/mol. The van der Waals surface area contributed by atoms with Gasteiger partial charge >= 0.3 is 0 Å². The first kappa shape index (κ1) is 11.8. The van der Waals surface area contributed by atoms with Crippen LogP contribution >= 0.6 is 0 Å². The fourth-order valence-electron chi connectivity index (χ4n) is 2.26. The van der Waals surface area contributed by atoms with Crippen molar-refractivity contribution in [1.29, 1.82) is 0 Å². The van der Waals surface area contributed by atoms with Gasteiger partial charge in [0.1, 0.15) is 0 Å². The topological polar surface area (TPSA) is 41.5 Å². The van der Waals surface area contributed by atoms with Gasteiger partial charge in [0.25, 0.3) is 5.91 Å². The normalized spacial score (nSPS) is 21.7. The summed E-state index contributed by atoms with van der Waals surface area (Å²) in [7, 11) is 0. The highest BCUT2D eigenvalue weighted by atomic mass is 16.2. The predicted molar refractivity (Wildman–Crippen MR) is 69.0 cm³/mol. The second kappa shape index (κ2) is 5.62. The number of hydrogen-bond acceptors (Lipinski definition) is 2.